The van der Waals surface area contributed by atoms with E-state index in [0.717, 1.165) is 0 Å². The van der Waals surface area contributed by atoms with Crippen LogP contribution in [0.4, 0.5) is 10.1 Å². The zero-order valence-electron chi connectivity index (χ0n) is 11.8. The molecule has 0 radical (unpaired) electrons. The van der Waals surface area contributed by atoms with Crippen molar-refractivity contribution in [3.05, 3.63) is 65.5 Å². The second kappa shape index (κ2) is 7.04. The van der Waals surface area contributed by atoms with Crippen molar-refractivity contribution in [3.8, 4) is 11.8 Å². The number of nitriles is 1. The molecule has 5 heteroatoms. The molecule has 2 aromatic rings. The van der Waals surface area contributed by atoms with Crippen LogP contribution in [0.3, 0.4) is 0 Å². The van der Waals surface area contributed by atoms with Crippen molar-refractivity contribution >= 4 is 17.7 Å². The number of rotatable bonds is 4. The predicted molar refractivity (Wildman–Crippen MR) is 81.6 cm³/mol. The number of ether oxygens (including phenoxy) is 1. The van der Waals surface area contributed by atoms with Gasteiger partial charge >= 0.3 is 0 Å². The van der Waals surface area contributed by atoms with Crippen molar-refractivity contribution in [2.45, 2.75) is 0 Å². The maximum absolute atomic E-state index is 12.8. The number of methoxy groups -OCH3 is 1. The van der Waals surface area contributed by atoms with E-state index in [-0.39, 0.29) is 5.57 Å². The van der Waals surface area contributed by atoms with Crippen LogP contribution in [0.25, 0.3) is 6.08 Å². The zero-order valence-corrected chi connectivity index (χ0v) is 11.8. The topological polar surface area (TPSA) is 62.1 Å². The molecule has 1 N–H and O–H groups in total. The standard InChI is InChI=1S/C17H13FN2O2/c1-22-16-5-3-2-4-12(16)10-13(11-19)17(21)20-15-8-6-14(18)7-9-15/h2-10H,1H3,(H,20,21)/b13-10-. The number of para-hydroxylation sites is 1. The molecule has 0 saturated heterocycles. The molecular formula is C17H13FN2O2. The van der Waals surface area contributed by atoms with Gasteiger partial charge in [0.15, 0.2) is 0 Å². The van der Waals surface area contributed by atoms with Crippen LogP contribution in [0.15, 0.2) is 54.1 Å². The number of amides is 1. The fourth-order valence-electron chi connectivity index (χ4n) is 1.82. The van der Waals surface area contributed by atoms with Gasteiger partial charge in [-0.1, -0.05) is 18.2 Å². The maximum atomic E-state index is 12.8. The number of nitrogens with one attached hydrogen (secondary N) is 1. The quantitative estimate of drug-likeness (QED) is 0.695. The minimum atomic E-state index is -0.569. The fraction of sp³-hybridized carbons (Fsp3) is 0.0588. The highest BCUT2D eigenvalue weighted by Crippen LogP contribution is 2.21. The molecule has 4 nitrogen and oxygen atoms in total. The normalized spacial score (nSPS) is 10.7. The van der Waals surface area contributed by atoms with E-state index >= 15 is 0 Å². The summed E-state index contributed by atoms with van der Waals surface area (Å²) in [6, 6.07) is 14.2. The molecule has 0 bridgehead atoms. The Labute approximate surface area is 127 Å². The van der Waals surface area contributed by atoms with Crippen LogP contribution >= 0.6 is 0 Å². The smallest absolute Gasteiger partial charge is 0.266 e. The summed E-state index contributed by atoms with van der Waals surface area (Å²) >= 11 is 0. The van der Waals surface area contributed by atoms with Gasteiger partial charge < -0.3 is 10.1 Å². The Kier molecular flexibility index (Phi) is 4.89. The molecule has 2 rings (SSSR count). The average molecular weight is 296 g/mol. The van der Waals surface area contributed by atoms with Crippen LogP contribution < -0.4 is 10.1 Å². The largest absolute Gasteiger partial charge is 0.496 e. The van der Waals surface area contributed by atoms with E-state index in [0.29, 0.717) is 17.0 Å². The summed E-state index contributed by atoms with van der Waals surface area (Å²) in [5.41, 5.74) is 0.956. The minimum Gasteiger partial charge on any atom is -0.496 e. The lowest BCUT2D eigenvalue weighted by molar-refractivity contribution is -0.112. The molecule has 22 heavy (non-hydrogen) atoms. The van der Waals surface area contributed by atoms with Gasteiger partial charge in [0.1, 0.15) is 23.2 Å². The molecule has 0 spiro atoms. The number of carbonyl (C=O) groups excluding carboxylic acids is 1. The predicted octanol–water partition coefficient (Wildman–Crippen LogP) is 3.38. The van der Waals surface area contributed by atoms with E-state index < -0.39 is 11.7 Å². The number of hydrogen-bond donors (Lipinski definition) is 1. The van der Waals surface area contributed by atoms with Crippen molar-refractivity contribution in [3.63, 3.8) is 0 Å². The molecule has 0 fully saturated rings. The third-order valence-corrected chi connectivity index (χ3v) is 2.91. The van der Waals surface area contributed by atoms with E-state index in [1.807, 2.05) is 6.07 Å². The van der Waals surface area contributed by atoms with E-state index in [1.54, 1.807) is 24.3 Å². The summed E-state index contributed by atoms with van der Waals surface area (Å²) in [5.74, 6) is -0.409. The Morgan fingerprint density at radius 3 is 2.55 bits per heavy atom. The summed E-state index contributed by atoms with van der Waals surface area (Å²) in [7, 11) is 1.51. The zero-order chi connectivity index (χ0) is 15.9. The summed E-state index contributed by atoms with van der Waals surface area (Å²) in [5, 5.41) is 11.7. The molecule has 0 heterocycles. The third kappa shape index (κ3) is 3.70. The molecule has 0 saturated carbocycles. The second-order valence-corrected chi connectivity index (χ2v) is 4.37. The van der Waals surface area contributed by atoms with E-state index in [4.69, 9.17) is 10.00 Å². The average Bonchev–Trinajstić information content (AvgIpc) is 2.55. The third-order valence-electron chi connectivity index (χ3n) is 2.91. The molecule has 0 aliphatic heterocycles. The molecule has 2 aromatic carbocycles. The summed E-state index contributed by atoms with van der Waals surface area (Å²) in [6.45, 7) is 0. The number of benzene rings is 2. The molecule has 0 aromatic heterocycles. The maximum Gasteiger partial charge on any atom is 0.266 e. The Morgan fingerprint density at radius 1 is 1.23 bits per heavy atom. The van der Waals surface area contributed by atoms with Crippen LogP contribution in [0.1, 0.15) is 5.56 Å². The Bertz CT molecular complexity index is 746. The van der Waals surface area contributed by atoms with Gasteiger partial charge in [-0.05, 0) is 36.4 Å². The van der Waals surface area contributed by atoms with Crippen molar-refractivity contribution in [2.75, 3.05) is 12.4 Å². The monoisotopic (exact) mass is 296 g/mol. The highest BCUT2D eigenvalue weighted by molar-refractivity contribution is 6.09. The van der Waals surface area contributed by atoms with Crippen molar-refractivity contribution in [2.24, 2.45) is 0 Å². The first kappa shape index (κ1) is 15.3. The van der Waals surface area contributed by atoms with Crippen LogP contribution in [0.5, 0.6) is 5.75 Å². The first-order valence-electron chi connectivity index (χ1n) is 6.46. The summed E-state index contributed by atoms with van der Waals surface area (Å²) in [6.07, 6.45) is 1.44. The number of carbonyl (C=O) groups is 1. The number of hydrogen-bond acceptors (Lipinski definition) is 3. The first-order chi connectivity index (χ1) is 10.6. The highest BCUT2D eigenvalue weighted by Gasteiger charge is 2.11. The lowest BCUT2D eigenvalue weighted by Gasteiger charge is -2.06. The van der Waals surface area contributed by atoms with Crippen molar-refractivity contribution in [1.82, 2.24) is 0 Å². The number of halogens is 1. The van der Waals surface area contributed by atoms with Crippen LogP contribution in [-0.2, 0) is 4.79 Å². The van der Waals surface area contributed by atoms with Gasteiger partial charge in [-0.15, -0.1) is 0 Å². The number of nitrogens with zero attached hydrogens (tertiary/aromatic N) is 1. The van der Waals surface area contributed by atoms with Crippen molar-refractivity contribution in [1.29, 1.82) is 5.26 Å². The Morgan fingerprint density at radius 2 is 1.91 bits per heavy atom. The van der Waals surface area contributed by atoms with Gasteiger partial charge in [0.2, 0.25) is 0 Å². The van der Waals surface area contributed by atoms with Gasteiger partial charge in [0.05, 0.1) is 7.11 Å². The van der Waals surface area contributed by atoms with E-state index in [2.05, 4.69) is 5.32 Å². The Balaban J connectivity index is 2.24. The molecular weight excluding hydrogens is 283 g/mol. The number of anilines is 1. The summed E-state index contributed by atoms with van der Waals surface area (Å²) < 4.78 is 18.0. The molecule has 0 aliphatic carbocycles. The van der Waals surface area contributed by atoms with Crippen molar-refractivity contribution < 1.29 is 13.9 Å². The van der Waals surface area contributed by atoms with Crippen LogP contribution in [-0.4, -0.2) is 13.0 Å². The van der Waals surface area contributed by atoms with Gasteiger partial charge in [0.25, 0.3) is 5.91 Å². The van der Waals surface area contributed by atoms with Crippen LogP contribution in [0.2, 0.25) is 0 Å². The highest BCUT2D eigenvalue weighted by atomic mass is 19.1. The van der Waals surface area contributed by atoms with Gasteiger partial charge in [-0.2, -0.15) is 5.26 Å². The molecule has 1 amide bonds. The second-order valence-electron chi connectivity index (χ2n) is 4.37. The van der Waals surface area contributed by atoms with Gasteiger partial charge in [-0.3, -0.25) is 4.79 Å². The molecule has 0 atom stereocenters. The van der Waals surface area contributed by atoms with E-state index in [9.17, 15) is 9.18 Å². The molecule has 0 unspecified atom stereocenters. The molecule has 110 valence electrons. The summed E-state index contributed by atoms with van der Waals surface area (Å²) in [4.78, 5) is 12.1. The lowest BCUT2D eigenvalue weighted by atomic mass is 10.1. The minimum absolute atomic E-state index is 0.0752. The van der Waals surface area contributed by atoms with Gasteiger partial charge in [0, 0.05) is 11.3 Å². The van der Waals surface area contributed by atoms with E-state index in [1.165, 1.54) is 37.5 Å². The SMILES string of the molecule is COc1ccccc1/C=C(/C#N)C(=O)Nc1ccc(F)cc1. The Hall–Kier alpha value is -3.13. The van der Waals surface area contributed by atoms with Crippen LogP contribution in [0, 0.1) is 17.1 Å². The van der Waals surface area contributed by atoms with Gasteiger partial charge in [-0.25, -0.2) is 4.39 Å². The fourth-order valence-corrected chi connectivity index (χ4v) is 1.82. The first-order valence-corrected chi connectivity index (χ1v) is 6.46. The molecule has 0 aliphatic rings. The lowest BCUT2D eigenvalue weighted by Crippen LogP contribution is -2.13.